The fourth-order valence-electron chi connectivity index (χ4n) is 3.44. The molecule has 2 unspecified atom stereocenters. The SMILES string of the molecule is Cc1cc(C(C)(C)C)cc(Cc2cc(C(C)(C)C)cc(C)c2OP(O)F)c1OP(O)F. The first-order valence-corrected chi connectivity index (χ1v) is 12.2. The summed E-state index contributed by atoms with van der Waals surface area (Å²) in [6.07, 6.45) is 0.256. The van der Waals surface area contributed by atoms with Crippen molar-refractivity contribution in [3.8, 4) is 11.5 Å². The highest BCUT2D eigenvalue weighted by Crippen LogP contribution is 2.44. The maximum absolute atomic E-state index is 13.4. The first-order chi connectivity index (χ1) is 14.1. The van der Waals surface area contributed by atoms with Crippen LogP contribution in [0.2, 0.25) is 0 Å². The molecule has 2 aromatic carbocycles. The third kappa shape index (κ3) is 6.83. The molecule has 0 saturated carbocycles. The first kappa shape index (κ1) is 25.9. The minimum absolute atomic E-state index is 0.168. The fraction of sp³-hybridized carbons (Fsp3) is 0.478. The van der Waals surface area contributed by atoms with E-state index in [2.05, 4.69) is 41.5 Å². The molecule has 0 fully saturated rings. The van der Waals surface area contributed by atoms with Crippen LogP contribution in [0.5, 0.6) is 11.5 Å². The molecule has 0 radical (unpaired) electrons. The number of benzene rings is 2. The summed E-state index contributed by atoms with van der Waals surface area (Å²) in [5.74, 6) is 0.528. The van der Waals surface area contributed by atoms with E-state index in [9.17, 15) is 18.2 Å². The Kier molecular flexibility index (Phi) is 8.09. The summed E-state index contributed by atoms with van der Waals surface area (Å²) < 4.78 is 37.2. The number of hydrogen-bond donors (Lipinski definition) is 2. The van der Waals surface area contributed by atoms with Crippen molar-refractivity contribution in [2.45, 2.75) is 72.6 Å². The molecule has 0 bridgehead atoms. The summed E-state index contributed by atoms with van der Waals surface area (Å²) in [5.41, 5.74) is 4.41. The second kappa shape index (κ2) is 9.67. The van der Waals surface area contributed by atoms with Crippen LogP contribution in [0.25, 0.3) is 0 Å². The van der Waals surface area contributed by atoms with Gasteiger partial charge in [0, 0.05) is 6.42 Å². The summed E-state index contributed by atoms with van der Waals surface area (Å²) in [5, 5.41) is 0. The zero-order chi connectivity index (χ0) is 23.7. The number of aryl methyl sites for hydroxylation is 2. The van der Waals surface area contributed by atoms with Crippen molar-refractivity contribution in [2.75, 3.05) is 0 Å². The van der Waals surface area contributed by atoms with E-state index in [1.807, 2.05) is 24.3 Å². The normalized spacial score (nSPS) is 14.3. The van der Waals surface area contributed by atoms with Gasteiger partial charge in [0.1, 0.15) is 11.5 Å². The van der Waals surface area contributed by atoms with Gasteiger partial charge in [0.2, 0.25) is 0 Å². The van der Waals surface area contributed by atoms with Crippen molar-refractivity contribution in [3.63, 3.8) is 0 Å². The van der Waals surface area contributed by atoms with Crippen LogP contribution >= 0.6 is 17.4 Å². The molecule has 2 rings (SSSR count). The van der Waals surface area contributed by atoms with Crippen LogP contribution in [0, 0.1) is 13.8 Å². The smallest absolute Gasteiger partial charge is 0.423 e. The van der Waals surface area contributed by atoms with Gasteiger partial charge >= 0.3 is 17.4 Å². The van der Waals surface area contributed by atoms with Gasteiger partial charge in [-0.15, -0.1) is 8.39 Å². The molecule has 0 aliphatic heterocycles. The molecule has 0 amide bonds. The monoisotopic (exact) mass is 472 g/mol. The van der Waals surface area contributed by atoms with Gasteiger partial charge in [-0.1, -0.05) is 65.8 Å². The minimum atomic E-state index is -3.10. The zero-order valence-corrected chi connectivity index (χ0v) is 21.2. The average Bonchev–Trinajstić information content (AvgIpc) is 2.58. The zero-order valence-electron chi connectivity index (χ0n) is 19.4. The molecule has 0 spiro atoms. The second-order valence-corrected chi connectivity index (χ2v) is 11.1. The molecule has 0 saturated heterocycles. The van der Waals surface area contributed by atoms with Crippen molar-refractivity contribution >= 4 is 17.4 Å². The Morgan fingerprint density at radius 3 is 1.29 bits per heavy atom. The van der Waals surface area contributed by atoms with Gasteiger partial charge in [0.05, 0.1) is 0 Å². The topological polar surface area (TPSA) is 58.9 Å². The van der Waals surface area contributed by atoms with E-state index >= 15 is 0 Å². The van der Waals surface area contributed by atoms with Gasteiger partial charge in [-0.3, -0.25) is 0 Å². The average molecular weight is 472 g/mol. The van der Waals surface area contributed by atoms with E-state index in [0.29, 0.717) is 22.3 Å². The largest absolute Gasteiger partial charge is 0.436 e. The lowest BCUT2D eigenvalue weighted by Crippen LogP contribution is -2.14. The van der Waals surface area contributed by atoms with Crippen molar-refractivity contribution in [2.24, 2.45) is 0 Å². The lowest BCUT2D eigenvalue weighted by atomic mass is 9.82. The van der Waals surface area contributed by atoms with Gasteiger partial charge in [-0.25, -0.2) is 0 Å². The molecule has 0 aromatic heterocycles. The number of hydrogen-bond acceptors (Lipinski definition) is 4. The summed E-state index contributed by atoms with van der Waals surface area (Å²) in [7, 11) is -6.20. The fourth-order valence-corrected chi connectivity index (χ4v) is 4.26. The van der Waals surface area contributed by atoms with Crippen LogP contribution in [-0.4, -0.2) is 9.79 Å². The van der Waals surface area contributed by atoms with E-state index in [1.54, 1.807) is 13.8 Å². The standard InChI is InChI=1S/C23H32F2O4P2/c1-14-9-18(22(3,4)5)12-16(20(14)28-30(24)26)11-17-13-19(23(6,7)8)10-15(2)21(17)29-31(25)27/h9-10,12-13,26-27H,11H2,1-8H3. The van der Waals surface area contributed by atoms with Crippen LogP contribution in [0.4, 0.5) is 8.39 Å². The highest BCUT2D eigenvalue weighted by Gasteiger charge is 2.24. The maximum atomic E-state index is 13.4. The quantitative estimate of drug-likeness (QED) is 0.425. The van der Waals surface area contributed by atoms with Gasteiger partial charge in [0.15, 0.2) is 0 Å². The van der Waals surface area contributed by atoms with Crippen molar-refractivity contribution in [1.29, 1.82) is 0 Å². The van der Waals surface area contributed by atoms with Crippen molar-refractivity contribution in [3.05, 3.63) is 57.6 Å². The van der Waals surface area contributed by atoms with Crippen LogP contribution in [0.15, 0.2) is 24.3 Å². The molecule has 2 N–H and O–H groups in total. The van der Waals surface area contributed by atoms with E-state index in [1.165, 1.54) is 0 Å². The second-order valence-electron chi connectivity index (χ2n) is 9.87. The Morgan fingerprint density at radius 1 is 0.710 bits per heavy atom. The summed E-state index contributed by atoms with van der Waals surface area (Å²) >= 11 is 0. The molecule has 2 aromatic rings. The Hall–Kier alpha value is -1.32. The minimum Gasteiger partial charge on any atom is -0.423 e. The lowest BCUT2D eigenvalue weighted by Gasteiger charge is -2.25. The summed E-state index contributed by atoms with van der Waals surface area (Å²) in [6, 6.07) is 7.67. The highest BCUT2D eigenvalue weighted by molar-refractivity contribution is 7.40. The van der Waals surface area contributed by atoms with E-state index in [-0.39, 0.29) is 28.7 Å². The number of rotatable bonds is 6. The van der Waals surface area contributed by atoms with Gasteiger partial charge < -0.3 is 18.8 Å². The Balaban J connectivity index is 2.72. The molecule has 2 atom stereocenters. The predicted octanol–water partition coefficient (Wildman–Crippen LogP) is 7.62. The molecule has 8 heteroatoms. The molecule has 0 heterocycles. The highest BCUT2D eigenvalue weighted by atomic mass is 31.2. The van der Waals surface area contributed by atoms with Crippen LogP contribution < -0.4 is 9.05 Å². The molecule has 0 aliphatic carbocycles. The van der Waals surface area contributed by atoms with E-state index < -0.39 is 17.4 Å². The molecule has 31 heavy (non-hydrogen) atoms. The van der Waals surface area contributed by atoms with Gasteiger partial charge in [-0.2, -0.15) is 0 Å². The van der Waals surface area contributed by atoms with E-state index in [0.717, 1.165) is 11.1 Å². The molecule has 4 nitrogen and oxygen atoms in total. The van der Waals surface area contributed by atoms with Crippen LogP contribution in [0.1, 0.15) is 74.9 Å². The Morgan fingerprint density at radius 2 is 1.03 bits per heavy atom. The van der Waals surface area contributed by atoms with E-state index in [4.69, 9.17) is 9.05 Å². The van der Waals surface area contributed by atoms with Crippen LogP contribution in [-0.2, 0) is 17.3 Å². The molecule has 172 valence electrons. The summed E-state index contributed by atoms with van der Waals surface area (Å²) in [6.45, 7) is 16.0. The van der Waals surface area contributed by atoms with Crippen molar-refractivity contribution < 1.29 is 27.2 Å². The van der Waals surface area contributed by atoms with Crippen molar-refractivity contribution in [1.82, 2.24) is 0 Å². The Labute approximate surface area is 186 Å². The molecule has 0 aliphatic rings. The lowest BCUT2D eigenvalue weighted by molar-refractivity contribution is 0.428. The molecular formula is C23H32F2O4P2. The number of halogens is 2. The predicted molar refractivity (Wildman–Crippen MR) is 124 cm³/mol. The third-order valence-electron chi connectivity index (χ3n) is 5.15. The van der Waals surface area contributed by atoms with Gasteiger partial charge in [0.25, 0.3) is 0 Å². The first-order valence-electron chi connectivity index (χ1n) is 10.0. The third-order valence-corrected chi connectivity index (χ3v) is 5.82. The Bertz CT molecular complexity index is 857. The van der Waals surface area contributed by atoms with Gasteiger partial charge in [-0.05, 0) is 58.1 Å². The van der Waals surface area contributed by atoms with Crippen LogP contribution in [0.3, 0.4) is 0 Å². The maximum Gasteiger partial charge on any atom is 0.436 e. The molecular weight excluding hydrogens is 440 g/mol. The summed E-state index contributed by atoms with van der Waals surface area (Å²) in [4.78, 5) is 18.6.